The van der Waals surface area contributed by atoms with Crippen molar-refractivity contribution in [3.8, 4) is 0 Å². The monoisotopic (exact) mass is 210 g/mol. The third-order valence-corrected chi connectivity index (χ3v) is 2.51. The van der Waals surface area contributed by atoms with Crippen LogP contribution in [0.1, 0.15) is 13.3 Å². The Hall–Kier alpha value is -1.58. The van der Waals surface area contributed by atoms with Crippen molar-refractivity contribution in [2.45, 2.75) is 13.3 Å². The van der Waals surface area contributed by atoms with Crippen LogP contribution in [0.25, 0.3) is 0 Å². The summed E-state index contributed by atoms with van der Waals surface area (Å²) in [5.41, 5.74) is 1.64. The quantitative estimate of drug-likeness (QED) is 0.519. The fourth-order valence-electron chi connectivity index (χ4n) is 1.61. The molecule has 82 valence electrons. The van der Waals surface area contributed by atoms with E-state index in [4.69, 9.17) is 0 Å². The highest BCUT2D eigenvalue weighted by atomic mass is 16.5. The minimum atomic E-state index is -0.477. The van der Waals surface area contributed by atoms with Gasteiger partial charge in [0, 0.05) is 11.5 Å². The van der Waals surface area contributed by atoms with E-state index in [0.29, 0.717) is 17.6 Å². The van der Waals surface area contributed by atoms with Crippen LogP contribution in [0.4, 0.5) is 0 Å². The Balaban J connectivity index is 3.01. The van der Waals surface area contributed by atoms with Crippen LogP contribution in [0.2, 0.25) is 0 Å². The van der Waals surface area contributed by atoms with E-state index >= 15 is 0 Å². The van der Waals surface area contributed by atoms with Crippen LogP contribution in [-0.4, -0.2) is 26.2 Å². The SMILES string of the molecule is C=C(C)C1CC(C(=O)OC)=C1C(=O)OC. The predicted octanol–water partition coefficient (Wildman–Crippen LogP) is 1.22. The molecule has 0 fully saturated rings. The van der Waals surface area contributed by atoms with Gasteiger partial charge in [-0.15, -0.1) is 0 Å². The smallest absolute Gasteiger partial charge is 0.334 e. The van der Waals surface area contributed by atoms with Gasteiger partial charge in [0.05, 0.1) is 19.8 Å². The zero-order valence-corrected chi connectivity index (χ0v) is 9.12. The Bertz CT molecular complexity index is 352. The van der Waals surface area contributed by atoms with Crippen LogP contribution in [0.15, 0.2) is 23.3 Å². The lowest BCUT2D eigenvalue weighted by atomic mass is 9.74. The molecule has 0 aliphatic heterocycles. The molecule has 1 aliphatic rings. The topological polar surface area (TPSA) is 52.6 Å². The van der Waals surface area contributed by atoms with E-state index in [9.17, 15) is 9.59 Å². The molecule has 0 heterocycles. The van der Waals surface area contributed by atoms with E-state index in [0.717, 1.165) is 5.57 Å². The molecule has 0 bridgehead atoms. The molecule has 1 atom stereocenters. The minimum Gasteiger partial charge on any atom is -0.466 e. The Morgan fingerprint density at radius 2 is 1.80 bits per heavy atom. The fraction of sp³-hybridized carbons (Fsp3) is 0.455. The first-order valence-corrected chi connectivity index (χ1v) is 4.58. The van der Waals surface area contributed by atoms with Crippen molar-refractivity contribution < 1.29 is 19.1 Å². The Morgan fingerprint density at radius 1 is 1.27 bits per heavy atom. The van der Waals surface area contributed by atoms with Gasteiger partial charge in [-0.3, -0.25) is 0 Å². The molecule has 15 heavy (non-hydrogen) atoms. The molecular formula is C11H14O4. The molecule has 4 heteroatoms. The third kappa shape index (κ3) is 1.93. The average Bonchev–Trinajstić information content (AvgIpc) is 2.15. The van der Waals surface area contributed by atoms with Crippen LogP contribution in [-0.2, 0) is 19.1 Å². The van der Waals surface area contributed by atoms with Gasteiger partial charge in [0.25, 0.3) is 0 Å². The van der Waals surface area contributed by atoms with Gasteiger partial charge in [-0.05, 0) is 13.3 Å². The lowest BCUT2D eigenvalue weighted by Gasteiger charge is -2.30. The standard InChI is InChI=1S/C11H14O4/c1-6(2)7-5-8(10(12)14-3)9(7)11(13)15-4/h7H,1,5H2,2-4H3. The molecule has 0 saturated carbocycles. The molecule has 1 unspecified atom stereocenters. The van der Waals surface area contributed by atoms with Gasteiger partial charge < -0.3 is 9.47 Å². The normalized spacial score (nSPS) is 19.3. The molecule has 0 aromatic heterocycles. The highest BCUT2D eigenvalue weighted by Gasteiger charge is 2.39. The minimum absolute atomic E-state index is 0.0773. The zero-order chi connectivity index (χ0) is 11.6. The highest BCUT2D eigenvalue weighted by Crippen LogP contribution is 2.40. The highest BCUT2D eigenvalue weighted by molar-refractivity contribution is 6.04. The molecule has 0 N–H and O–H groups in total. The van der Waals surface area contributed by atoms with Crippen LogP contribution in [0.5, 0.6) is 0 Å². The summed E-state index contributed by atoms with van der Waals surface area (Å²) in [7, 11) is 2.58. The zero-order valence-electron chi connectivity index (χ0n) is 9.12. The maximum Gasteiger partial charge on any atom is 0.334 e. The predicted molar refractivity (Wildman–Crippen MR) is 54.0 cm³/mol. The largest absolute Gasteiger partial charge is 0.466 e. The van der Waals surface area contributed by atoms with Crippen LogP contribution < -0.4 is 0 Å². The summed E-state index contributed by atoms with van der Waals surface area (Å²) in [6.45, 7) is 5.59. The van der Waals surface area contributed by atoms with Crippen molar-refractivity contribution in [2.24, 2.45) is 5.92 Å². The Kier molecular flexibility index (Phi) is 3.29. The summed E-state index contributed by atoms with van der Waals surface area (Å²) in [6, 6.07) is 0. The molecule has 0 radical (unpaired) electrons. The summed E-state index contributed by atoms with van der Waals surface area (Å²) in [5, 5.41) is 0. The van der Waals surface area contributed by atoms with Crippen molar-refractivity contribution in [1.82, 2.24) is 0 Å². The Labute approximate surface area is 88.6 Å². The van der Waals surface area contributed by atoms with E-state index in [1.807, 2.05) is 6.92 Å². The van der Waals surface area contributed by atoms with Crippen LogP contribution in [0, 0.1) is 5.92 Å². The van der Waals surface area contributed by atoms with Gasteiger partial charge in [0.2, 0.25) is 0 Å². The third-order valence-electron chi connectivity index (χ3n) is 2.51. The summed E-state index contributed by atoms with van der Waals surface area (Å²) in [4.78, 5) is 22.7. The maximum atomic E-state index is 11.4. The van der Waals surface area contributed by atoms with E-state index in [1.165, 1.54) is 14.2 Å². The molecule has 0 amide bonds. The fourth-order valence-corrected chi connectivity index (χ4v) is 1.61. The first-order chi connectivity index (χ1) is 7.02. The number of esters is 2. The molecule has 4 nitrogen and oxygen atoms in total. The average molecular weight is 210 g/mol. The summed E-state index contributed by atoms with van der Waals surface area (Å²) >= 11 is 0. The lowest BCUT2D eigenvalue weighted by Crippen LogP contribution is -2.30. The number of ether oxygens (including phenoxy) is 2. The summed E-state index contributed by atoms with van der Waals surface area (Å²) < 4.78 is 9.19. The van der Waals surface area contributed by atoms with Gasteiger partial charge >= 0.3 is 11.9 Å². The van der Waals surface area contributed by atoms with Gasteiger partial charge in [0.15, 0.2) is 0 Å². The number of carbonyl (C=O) groups is 2. The van der Waals surface area contributed by atoms with Crippen molar-refractivity contribution in [1.29, 1.82) is 0 Å². The number of methoxy groups -OCH3 is 2. The van der Waals surface area contributed by atoms with E-state index < -0.39 is 11.9 Å². The van der Waals surface area contributed by atoms with Gasteiger partial charge in [-0.25, -0.2) is 9.59 Å². The molecule has 0 spiro atoms. The molecule has 1 rings (SSSR count). The molecule has 0 saturated heterocycles. The van der Waals surface area contributed by atoms with Gasteiger partial charge in [-0.2, -0.15) is 0 Å². The van der Waals surface area contributed by atoms with Crippen molar-refractivity contribution >= 4 is 11.9 Å². The van der Waals surface area contributed by atoms with Gasteiger partial charge in [-0.1, -0.05) is 12.2 Å². The summed E-state index contributed by atoms with van der Waals surface area (Å²) in [6.07, 6.45) is 0.506. The number of rotatable bonds is 3. The second kappa shape index (κ2) is 4.29. The number of hydrogen-bond acceptors (Lipinski definition) is 4. The van der Waals surface area contributed by atoms with Crippen molar-refractivity contribution in [3.05, 3.63) is 23.3 Å². The summed E-state index contributed by atoms with van der Waals surface area (Å²) in [5.74, 6) is -1.02. The van der Waals surface area contributed by atoms with Crippen molar-refractivity contribution in [3.63, 3.8) is 0 Å². The van der Waals surface area contributed by atoms with E-state index in [2.05, 4.69) is 16.1 Å². The molecule has 0 aromatic rings. The van der Waals surface area contributed by atoms with Crippen LogP contribution >= 0.6 is 0 Å². The van der Waals surface area contributed by atoms with Gasteiger partial charge in [0.1, 0.15) is 0 Å². The maximum absolute atomic E-state index is 11.4. The number of carbonyl (C=O) groups excluding carboxylic acids is 2. The molecule has 0 aromatic carbocycles. The van der Waals surface area contributed by atoms with Crippen molar-refractivity contribution in [2.75, 3.05) is 14.2 Å². The second-order valence-corrected chi connectivity index (χ2v) is 3.48. The number of allylic oxidation sites excluding steroid dienone is 1. The molecular weight excluding hydrogens is 196 g/mol. The van der Waals surface area contributed by atoms with E-state index in [1.54, 1.807) is 0 Å². The molecule has 1 aliphatic carbocycles. The second-order valence-electron chi connectivity index (χ2n) is 3.48. The lowest BCUT2D eigenvalue weighted by molar-refractivity contribution is -0.141. The number of hydrogen-bond donors (Lipinski definition) is 0. The Morgan fingerprint density at radius 3 is 2.20 bits per heavy atom. The van der Waals surface area contributed by atoms with Crippen LogP contribution in [0.3, 0.4) is 0 Å². The first-order valence-electron chi connectivity index (χ1n) is 4.58. The van der Waals surface area contributed by atoms with E-state index in [-0.39, 0.29) is 5.92 Å². The first kappa shape index (κ1) is 11.5.